The van der Waals surface area contributed by atoms with Crippen LogP contribution in [0.15, 0.2) is 4.99 Å². The average Bonchev–Trinajstić information content (AvgIpc) is 3.23. The molecule has 1 unspecified atom stereocenters. The van der Waals surface area contributed by atoms with Crippen molar-refractivity contribution in [2.45, 2.75) is 52.0 Å². The second kappa shape index (κ2) is 9.92. The van der Waals surface area contributed by atoms with Gasteiger partial charge in [0.05, 0.1) is 0 Å². The van der Waals surface area contributed by atoms with Crippen molar-refractivity contribution < 1.29 is 0 Å². The van der Waals surface area contributed by atoms with Crippen LogP contribution in [-0.2, 0) is 0 Å². The zero-order chi connectivity index (χ0) is 17.9. The molecule has 6 heteroatoms. The predicted octanol–water partition coefficient (Wildman–Crippen LogP) is 2.72. The van der Waals surface area contributed by atoms with Gasteiger partial charge in [-0.3, -0.25) is 9.89 Å². The number of rotatable bonds is 4. The van der Waals surface area contributed by atoms with E-state index in [-0.39, 0.29) is 24.0 Å². The highest BCUT2D eigenvalue weighted by molar-refractivity contribution is 14.0. The quantitative estimate of drug-likeness (QED) is 0.384. The van der Waals surface area contributed by atoms with E-state index in [1.165, 1.54) is 71.4 Å². The number of likely N-dealkylation sites (N-methyl/N-ethyl adjacent to an activating group) is 1. The van der Waals surface area contributed by atoms with Crippen LogP contribution in [0, 0.1) is 11.3 Å². The summed E-state index contributed by atoms with van der Waals surface area (Å²) in [4.78, 5) is 12.2. The molecule has 3 fully saturated rings. The molecule has 26 heavy (non-hydrogen) atoms. The van der Waals surface area contributed by atoms with Crippen LogP contribution >= 0.6 is 24.0 Å². The lowest BCUT2D eigenvalue weighted by molar-refractivity contribution is 0.0896. The second-order valence-electron chi connectivity index (χ2n) is 8.96. The topological polar surface area (TPSA) is 34.1 Å². The Hall–Kier alpha value is -0.0800. The van der Waals surface area contributed by atoms with Crippen molar-refractivity contribution in [1.29, 1.82) is 0 Å². The average molecular weight is 477 g/mol. The van der Waals surface area contributed by atoms with Crippen molar-refractivity contribution in [3.05, 3.63) is 0 Å². The SMILES string of the molecule is CN=C(NCC(C(C)C)N1CCN(C)CC1)N1CCC2(CCCC2)C1.I. The van der Waals surface area contributed by atoms with Gasteiger partial charge in [-0.2, -0.15) is 0 Å². The maximum absolute atomic E-state index is 4.62. The molecule has 2 aliphatic heterocycles. The first kappa shape index (κ1) is 22.2. The van der Waals surface area contributed by atoms with Crippen molar-refractivity contribution in [1.82, 2.24) is 20.0 Å². The summed E-state index contributed by atoms with van der Waals surface area (Å²) in [6.07, 6.45) is 7.07. The first-order valence-corrected chi connectivity index (χ1v) is 10.4. The molecule has 0 bridgehead atoms. The minimum Gasteiger partial charge on any atom is -0.355 e. The summed E-state index contributed by atoms with van der Waals surface area (Å²) in [6, 6.07) is 0.591. The maximum atomic E-state index is 4.62. The molecule has 1 aliphatic carbocycles. The minimum absolute atomic E-state index is 0. The molecule has 1 spiro atoms. The molecule has 1 atom stereocenters. The van der Waals surface area contributed by atoms with Crippen molar-refractivity contribution in [2.24, 2.45) is 16.3 Å². The summed E-state index contributed by atoms with van der Waals surface area (Å²) in [5.74, 6) is 1.79. The largest absolute Gasteiger partial charge is 0.355 e. The van der Waals surface area contributed by atoms with Gasteiger partial charge < -0.3 is 15.1 Å². The summed E-state index contributed by atoms with van der Waals surface area (Å²) in [7, 11) is 4.18. The molecule has 0 amide bonds. The Morgan fingerprint density at radius 2 is 1.69 bits per heavy atom. The second-order valence-corrected chi connectivity index (χ2v) is 8.96. The van der Waals surface area contributed by atoms with Gasteiger partial charge in [0.1, 0.15) is 0 Å². The van der Waals surface area contributed by atoms with Crippen LogP contribution < -0.4 is 5.32 Å². The zero-order valence-electron chi connectivity index (χ0n) is 17.3. The first-order valence-electron chi connectivity index (χ1n) is 10.4. The molecule has 2 saturated heterocycles. The molecule has 3 rings (SSSR count). The number of nitrogens with zero attached hydrogens (tertiary/aromatic N) is 4. The maximum Gasteiger partial charge on any atom is 0.193 e. The summed E-state index contributed by atoms with van der Waals surface area (Å²) in [5.41, 5.74) is 0.604. The van der Waals surface area contributed by atoms with E-state index in [1.54, 1.807) is 0 Å². The van der Waals surface area contributed by atoms with Gasteiger partial charge in [-0.05, 0) is 37.6 Å². The van der Waals surface area contributed by atoms with Crippen molar-refractivity contribution in [3.63, 3.8) is 0 Å². The normalized spacial score (nSPS) is 25.7. The van der Waals surface area contributed by atoms with Gasteiger partial charge in [0, 0.05) is 58.9 Å². The summed E-state index contributed by atoms with van der Waals surface area (Å²) in [5, 5.41) is 3.73. The molecular weight excluding hydrogens is 437 g/mol. The number of aliphatic imine (C=N–C) groups is 1. The van der Waals surface area contributed by atoms with Gasteiger partial charge in [0.25, 0.3) is 0 Å². The molecule has 0 aromatic rings. The Morgan fingerprint density at radius 3 is 2.27 bits per heavy atom. The molecule has 0 aromatic heterocycles. The van der Waals surface area contributed by atoms with E-state index in [2.05, 4.69) is 45.9 Å². The fourth-order valence-corrected chi connectivity index (χ4v) is 5.12. The van der Waals surface area contributed by atoms with Gasteiger partial charge in [0.15, 0.2) is 5.96 Å². The summed E-state index contributed by atoms with van der Waals surface area (Å²) < 4.78 is 0. The van der Waals surface area contributed by atoms with E-state index < -0.39 is 0 Å². The van der Waals surface area contributed by atoms with Crippen molar-refractivity contribution in [3.8, 4) is 0 Å². The Labute approximate surface area is 178 Å². The molecule has 3 aliphatic rings. The third kappa shape index (κ3) is 5.25. The van der Waals surface area contributed by atoms with Gasteiger partial charge >= 0.3 is 0 Å². The molecule has 0 radical (unpaired) electrons. The fraction of sp³-hybridized carbons (Fsp3) is 0.950. The fourth-order valence-electron chi connectivity index (χ4n) is 5.12. The first-order chi connectivity index (χ1) is 12.0. The molecule has 0 aromatic carbocycles. The third-order valence-corrected chi connectivity index (χ3v) is 6.86. The molecule has 152 valence electrons. The standard InChI is InChI=1S/C20H39N5.HI/c1-17(2)18(24-13-11-23(4)12-14-24)15-22-19(21-3)25-10-9-20(16-25)7-5-6-8-20;/h17-18H,5-16H2,1-4H3,(H,21,22);1H. The van der Waals surface area contributed by atoms with E-state index in [0.717, 1.165) is 12.5 Å². The number of halogens is 1. The lowest BCUT2D eigenvalue weighted by Crippen LogP contribution is -2.55. The predicted molar refractivity (Wildman–Crippen MR) is 122 cm³/mol. The minimum atomic E-state index is 0. The van der Waals surface area contributed by atoms with E-state index in [0.29, 0.717) is 17.4 Å². The van der Waals surface area contributed by atoms with Crippen LogP contribution in [0.25, 0.3) is 0 Å². The lowest BCUT2D eigenvalue weighted by atomic mass is 9.86. The number of nitrogens with one attached hydrogen (secondary N) is 1. The Balaban J connectivity index is 0.00000243. The lowest BCUT2D eigenvalue weighted by Gasteiger charge is -2.40. The Kier molecular flexibility index (Phi) is 8.47. The number of guanidine groups is 1. The van der Waals surface area contributed by atoms with Crippen LogP contribution in [0.4, 0.5) is 0 Å². The summed E-state index contributed by atoms with van der Waals surface area (Å²) in [6.45, 7) is 12.9. The highest BCUT2D eigenvalue weighted by Gasteiger charge is 2.41. The molecule has 5 nitrogen and oxygen atoms in total. The highest BCUT2D eigenvalue weighted by Crippen LogP contribution is 2.45. The van der Waals surface area contributed by atoms with E-state index >= 15 is 0 Å². The number of likely N-dealkylation sites (tertiary alicyclic amines) is 1. The van der Waals surface area contributed by atoms with Crippen LogP contribution in [0.3, 0.4) is 0 Å². The Morgan fingerprint density at radius 1 is 1.04 bits per heavy atom. The van der Waals surface area contributed by atoms with E-state index in [9.17, 15) is 0 Å². The zero-order valence-corrected chi connectivity index (χ0v) is 19.7. The smallest absolute Gasteiger partial charge is 0.193 e. The molecule has 2 heterocycles. The number of piperazine rings is 1. The van der Waals surface area contributed by atoms with E-state index in [4.69, 9.17) is 0 Å². The van der Waals surface area contributed by atoms with Crippen LogP contribution in [0.5, 0.6) is 0 Å². The van der Waals surface area contributed by atoms with Crippen molar-refractivity contribution in [2.75, 3.05) is 59.9 Å². The summed E-state index contributed by atoms with van der Waals surface area (Å²) >= 11 is 0. The van der Waals surface area contributed by atoms with Gasteiger partial charge in [0.2, 0.25) is 0 Å². The third-order valence-electron chi connectivity index (χ3n) is 6.86. The Bertz CT molecular complexity index is 453. The van der Waals surface area contributed by atoms with E-state index in [1.807, 2.05) is 7.05 Å². The van der Waals surface area contributed by atoms with Gasteiger partial charge in [-0.15, -0.1) is 24.0 Å². The molecule has 1 N–H and O–H groups in total. The molecule has 1 saturated carbocycles. The number of hydrogen-bond acceptors (Lipinski definition) is 3. The van der Waals surface area contributed by atoms with Crippen LogP contribution in [0.2, 0.25) is 0 Å². The van der Waals surface area contributed by atoms with Crippen LogP contribution in [-0.4, -0.2) is 86.6 Å². The highest BCUT2D eigenvalue weighted by atomic mass is 127. The monoisotopic (exact) mass is 477 g/mol. The van der Waals surface area contributed by atoms with Crippen LogP contribution in [0.1, 0.15) is 46.0 Å². The number of hydrogen-bond donors (Lipinski definition) is 1. The van der Waals surface area contributed by atoms with Gasteiger partial charge in [-0.1, -0.05) is 26.7 Å². The van der Waals surface area contributed by atoms with Crippen molar-refractivity contribution >= 4 is 29.9 Å². The van der Waals surface area contributed by atoms with Gasteiger partial charge in [-0.25, -0.2) is 0 Å². The molecular formula is C20H40IN5.